The van der Waals surface area contributed by atoms with E-state index in [0.717, 1.165) is 0 Å². The molecule has 0 saturated carbocycles. The minimum Gasteiger partial charge on any atom is -0.402 e. The number of nitrogens with zero attached hydrogens (tertiary/aromatic N) is 1. The topological polar surface area (TPSA) is 38.7 Å². The van der Waals surface area contributed by atoms with E-state index in [-0.39, 0.29) is 16.6 Å². The van der Waals surface area contributed by atoms with Crippen molar-refractivity contribution in [1.82, 2.24) is 0 Å². The van der Waals surface area contributed by atoms with E-state index < -0.39 is 11.8 Å². The van der Waals surface area contributed by atoms with Crippen molar-refractivity contribution < 1.29 is 13.9 Å². The van der Waals surface area contributed by atoms with Crippen LogP contribution < -0.4 is 0 Å². The number of carbonyl (C=O) groups is 1. The molecule has 0 spiro atoms. The van der Waals surface area contributed by atoms with Crippen LogP contribution in [0.25, 0.3) is 6.08 Å². The zero-order valence-electron chi connectivity index (χ0n) is 11.0. The molecule has 0 aromatic heterocycles. The maximum Gasteiger partial charge on any atom is 0.363 e. The summed E-state index contributed by atoms with van der Waals surface area (Å²) in [6.45, 7) is 0. The molecule has 2 aromatic rings. The van der Waals surface area contributed by atoms with Crippen molar-refractivity contribution in [3.63, 3.8) is 0 Å². The minimum absolute atomic E-state index is 0.0663. The lowest BCUT2D eigenvalue weighted by Gasteiger charge is -2.03. The summed E-state index contributed by atoms with van der Waals surface area (Å²) in [5.74, 6) is -0.960. The van der Waals surface area contributed by atoms with E-state index in [1.165, 1.54) is 18.2 Å². The first-order chi connectivity index (χ1) is 10.5. The van der Waals surface area contributed by atoms with Crippen LogP contribution in [0.15, 0.2) is 53.2 Å². The normalized spacial score (nSPS) is 15.9. The van der Waals surface area contributed by atoms with E-state index in [1.54, 1.807) is 30.3 Å². The van der Waals surface area contributed by atoms with Crippen molar-refractivity contribution in [2.24, 2.45) is 4.99 Å². The molecule has 0 fully saturated rings. The van der Waals surface area contributed by atoms with E-state index in [4.69, 9.17) is 27.9 Å². The fourth-order valence-corrected chi connectivity index (χ4v) is 2.33. The highest BCUT2D eigenvalue weighted by Gasteiger charge is 2.26. The SMILES string of the molecule is O=C1OC(c2cccc(Cl)c2Cl)=N/C1=C\c1cccc(F)c1. The second kappa shape index (κ2) is 5.91. The van der Waals surface area contributed by atoms with Gasteiger partial charge in [0.15, 0.2) is 5.70 Å². The summed E-state index contributed by atoms with van der Waals surface area (Å²) < 4.78 is 18.3. The number of aliphatic imine (C=N–C) groups is 1. The molecule has 0 saturated heterocycles. The molecule has 3 nitrogen and oxygen atoms in total. The molecule has 0 unspecified atom stereocenters. The molecule has 0 atom stereocenters. The summed E-state index contributed by atoms with van der Waals surface area (Å²) >= 11 is 12.0. The van der Waals surface area contributed by atoms with Gasteiger partial charge >= 0.3 is 5.97 Å². The smallest absolute Gasteiger partial charge is 0.363 e. The Hall–Kier alpha value is -2.17. The molecule has 0 bridgehead atoms. The van der Waals surface area contributed by atoms with E-state index in [0.29, 0.717) is 16.1 Å². The van der Waals surface area contributed by atoms with Gasteiger partial charge in [0.1, 0.15) is 5.82 Å². The number of benzene rings is 2. The largest absolute Gasteiger partial charge is 0.402 e. The molecule has 1 heterocycles. The fourth-order valence-electron chi connectivity index (χ4n) is 1.95. The van der Waals surface area contributed by atoms with Crippen molar-refractivity contribution in [2.45, 2.75) is 0 Å². The van der Waals surface area contributed by atoms with E-state index in [9.17, 15) is 9.18 Å². The maximum absolute atomic E-state index is 13.2. The third-order valence-corrected chi connectivity index (χ3v) is 3.77. The van der Waals surface area contributed by atoms with E-state index in [1.807, 2.05) is 0 Å². The number of carbonyl (C=O) groups excluding carboxylic acids is 1. The standard InChI is InChI=1S/C16H8Cl2FNO2/c17-12-6-2-5-11(14(12)18)15-20-13(16(21)22-15)8-9-3-1-4-10(19)7-9/h1-8H/b13-8-. The van der Waals surface area contributed by atoms with Crippen LogP contribution >= 0.6 is 23.2 Å². The predicted molar refractivity (Wildman–Crippen MR) is 83.5 cm³/mol. The van der Waals surface area contributed by atoms with Crippen molar-refractivity contribution in [3.8, 4) is 0 Å². The molecule has 1 aliphatic rings. The molecule has 2 aromatic carbocycles. The van der Waals surface area contributed by atoms with Gasteiger partial charge in [-0.15, -0.1) is 0 Å². The predicted octanol–water partition coefficient (Wildman–Crippen LogP) is 4.48. The Morgan fingerprint density at radius 3 is 2.68 bits per heavy atom. The van der Waals surface area contributed by atoms with Crippen LogP contribution in [0, 0.1) is 5.82 Å². The maximum atomic E-state index is 13.2. The summed E-state index contributed by atoms with van der Waals surface area (Å²) in [6.07, 6.45) is 1.44. The van der Waals surface area contributed by atoms with Crippen LogP contribution in [0.1, 0.15) is 11.1 Å². The van der Waals surface area contributed by atoms with Crippen LogP contribution in [-0.4, -0.2) is 11.9 Å². The Labute approximate surface area is 135 Å². The van der Waals surface area contributed by atoms with Crippen molar-refractivity contribution in [1.29, 1.82) is 0 Å². The van der Waals surface area contributed by atoms with Crippen LogP contribution in [0.2, 0.25) is 10.0 Å². The number of halogens is 3. The van der Waals surface area contributed by atoms with Gasteiger partial charge in [-0.25, -0.2) is 14.2 Å². The summed E-state index contributed by atoms with van der Waals surface area (Å²) in [4.78, 5) is 16.0. The molecular weight excluding hydrogens is 328 g/mol. The first-order valence-electron chi connectivity index (χ1n) is 6.27. The van der Waals surface area contributed by atoms with Crippen LogP contribution in [-0.2, 0) is 9.53 Å². The number of hydrogen-bond acceptors (Lipinski definition) is 3. The Morgan fingerprint density at radius 1 is 1.14 bits per heavy atom. The van der Waals surface area contributed by atoms with E-state index in [2.05, 4.69) is 4.99 Å². The van der Waals surface area contributed by atoms with E-state index >= 15 is 0 Å². The number of rotatable bonds is 2. The van der Waals surface area contributed by atoms with Gasteiger partial charge in [0, 0.05) is 0 Å². The third kappa shape index (κ3) is 2.89. The number of ether oxygens (including phenoxy) is 1. The molecule has 110 valence electrons. The quantitative estimate of drug-likeness (QED) is 0.599. The van der Waals surface area contributed by atoms with Gasteiger partial charge in [0.25, 0.3) is 0 Å². The number of esters is 1. The fraction of sp³-hybridized carbons (Fsp3) is 0. The van der Waals surface area contributed by atoms with Crippen molar-refractivity contribution >= 4 is 41.1 Å². The highest BCUT2D eigenvalue weighted by Crippen LogP contribution is 2.29. The second-order valence-electron chi connectivity index (χ2n) is 4.49. The van der Waals surface area contributed by atoms with Gasteiger partial charge < -0.3 is 4.74 Å². The summed E-state index contributed by atoms with van der Waals surface area (Å²) in [6, 6.07) is 10.7. The lowest BCUT2D eigenvalue weighted by Crippen LogP contribution is -2.06. The van der Waals surface area contributed by atoms with Gasteiger partial charge in [0.2, 0.25) is 5.90 Å². The number of hydrogen-bond donors (Lipinski definition) is 0. The molecule has 1 aliphatic heterocycles. The molecule has 3 rings (SSSR count). The first-order valence-corrected chi connectivity index (χ1v) is 7.03. The molecule has 6 heteroatoms. The minimum atomic E-state index is -0.629. The van der Waals surface area contributed by atoms with Gasteiger partial charge in [-0.1, -0.05) is 41.4 Å². The zero-order valence-corrected chi connectivity index (χ0v) is 12.5. The van der Waals surface area contributed by atoms with Gasteiger partial charge in [-0.2, -0.15) is 0 Å². The monoisotopic (exact) mass is 335 g/mol. The Kier molecular flexibility index (Phi) is 3.96. The van der Waals surface area contributed by atoms with Crippen molar-refractivity contribution in [2.75, 3.05) is 0 Å². The van der Waals surface area contributed by atoms with Gasteiger partial charge in [-0.05, 0) is 35.9 Å². The summed E-state index contributed by atoms with van der Waals surface area (Å²) in [5.41, 5.74) is 0.996. The molecule has 22 heavy (non-hydrogen) atoms. The lowest BCUT2D eigenvalue weighted by molar-refractivity contribution is -0.129. The Balaban J connectivity index is 2.00. The number of cyclic esters (lactones) is 1. The van der Waals surface area contributed by atoms with Gasteiger partial charge in [0.05, 0.1) is 15.6 Å². The molecule has 0 N–H and O–H groups in total. The average Bonchev–Trinajstić information content (AvgIpc) is 2.83. The Bertz CT molecular complexity index is 831. The molecule has 0 aliphatic carbocycles. The third-order valence-electron chi connectivity index (χ3n) is 2.95. The summed E-state index contributed by atoms with van der Waals surface area (Å²) in [7, 11) is 0. The van der Waals surface area contributed by atoms with Crippen LogP contribution in [0.3, 0.4) is 0 Å². The molecule has 0 radical (unpaired) electrons. The highest BCUT2D eigenvalue weighted by molar-refractivity contribution is 6.44. The highest BCUT2D eigenvalue weighted by atomic mass is 35.5. The zero-order chi connectivity index (χ0) is 15.7. The van der Waals surface area contributed by atoms with Gasteiger partial charge in [-0.3, -0.25) is 0 Å². The second-order valence-corrected chi connectivity index (χ2v) is 5.28. The van der Waals surface area contributed by atoms with Crippen LogP contribution in [0.5, 0.6) is 0 Å². The lowest BCUT2D eigenvalue weighted by atomic mass is 10.2. The molecule has 0 amide bonds. The summed E-state index contributed by atoms with van der Waals surface area (Å²) in [5, 5.41) is 0.586. The van der Waals surface area contributed by atoms with Crippen molar-refractivity contribution in [3.05, 3.63) is 75.2 Å². The molecular formula is C16H8Cl2FNO2. The first kappa shape index (κ1) is 14.8. The van der Waals surface area contributed by atoms with Crippen LogP contribution in [0.4, 0.5) is 4.39 Å². The average molecular weight is 336 g/mol. The Morgan fingerprint density at radius 2 is 1.91 bits per heavy atom.